The Kier molecular flexibility index (Phi) is 7.60. The number of rotatable bonds is 7. The zero-order chi connectivity index (χ0) is 24.1. The van der Waals surface area contributed by atoms with E-state index in [1.807, 2.05) is 86.7 Å². The van der Waals surface area contributed by atoms with Crippen LogP contribution in [0.1, 0.15) is 23.6 Å². The molecule has 0 saturated carbocycles. The molecule has 0 bridgehead atoms. The summed E-state index contributed by atoms with van der Waals surface area (Å²) in [6.45, 7) is 4.78. The molecule has 1 aliphatic heterocycles. The standard InChI is InChI=1S/C27H25ClN2O3S/c1-4-30-26(31)24(34-27(30)29-21-14-12-18(2)13-15-21)16-19-9-7-11-23(32-3)25(19)33-17-20-8-5-6-10-22(20)28/h5-16H,4,17H2,1-3H3/b24-16+,29-27?. The number of para-hydroxylation sites is 1. The van der Waals surface area contributed by atoms with Gasteiger partial charge in [0.2, 0.25) is 0 Å². The van der Waals surface area contributed by atoms with E-state index < -0.39 is 0 Å². The van der Waals surface area contributed by atoms with Gasteiger partial charge in [-0.25, -0.2) is 4.99 Å². The first-order valence-corrected chi connectivity index (χ1v) is 12.1. The molecule has 7 heteroatoms. The lowest BCUT2D eigenvalue weighted by atomic mass is 10.1. The second-order valence-electron chi connectivity index (χ2n) is 7.65. The molecule has 1 amide bonds. The molecule has 0 aromatic heterocycles. The first-order valence-electron chi connectivity index (χ1n) is 10.9. The molecule has 1 heterocycles. The predicted octanol–water partition coefficient (Wildman–Crippen LogP) is 6.86. The Morgan fingerprint density at radius 1 is 1.06 bits per heavy atom. The molecule has 5 nitrogen and oxygen atoms in total. The van der Waals surface area contributed by atoms with Crippen molar-refractivity contribution in [3.63, 3.8) is 0 Å². The third-order valence-electron chi connectivity index (χ3n) is 5.31. The Morgan fingerprint density at radius 2 is 1.82 bits per heavy atom. The number of nitrogens with zero attached hydrogens (tertiary/aromatic N) is 2. The predicted molar refractivity (Wildman–Crippen MR) is 140 cm³/mol. The Morgan fingerprint density at radius 3 is 2.53 bits per heavy atom. The van der Waals surface area contributed by atoms with Gasteiger partial charge in [0.25, 0.3) is 5.91 Å². The molecule has 0 spiro atoms. The van der Waals surface area contributed by atoms with Gasteiger partial charge in [0, 0.05) is 22.7 Å². The van der Waals surface area contributed by atoms with Crippen molar-refractivity contribution in [1.82, 2.24) is 4.90 Å². The summed E-state index contributed by atoms with van der Waals surface area (Å²) >= 11 is 7.65. The van der Waals surface area contributed by atoms with E-state index in [1.54, 1.807) is 12.0 Å². The zero-order valence-electron chi connectivity index (χ0n) is 19.2. The van der Waals surface area contributed by atoms with Crippen molar-refractivity contribution in [2.24, 2.45) is 4.99 Å². The number of methoxy groups -OCH3 is 1. The van der Waals surface area contributed by atoms with E-state index in [0.717, 1.165) is 22.4 Å². The largest absolute Gasteiger partial charge is 0.493 e. The first-order chi connectivity index (χ1) is 16.5. The molecule has 1 fully saturated rings. The number of hydrogen-bond acceptors (Lipinski definition) is 5. The number of likely N-dealkylation sites (N-methyl/N-ethyl adjacent to an activating group) is 1. The summed E-state index contributed by atoms with van der Waals surface area (Å²) < 4.78 is 11.7. The lowest BCUT2D eigenvalue weighted by molar-refractivity contribution is -0.122. The summed E-state index contributed by atoms with van der Waals surface area (Å²) in [5, 5.41) is 1.29. The molecule has 0 atom stereocenters. The van der Waals surface area contributed by atoms with Crippen LogP contribution < -0.4 is 9.47 Å². The maximum atomic E-state index is 13.2. The van der Waals surface area contributed by atoms with Gasteiger partial charge in [-0.15, -0.1) is 0 Å². The SMILES string of the molecule is CCN1C(=O)/C(=C\c2cccc(OC)c2OCc2ccccc2Cl)SC1=Nc1ccc(C)cc1. The summed E-state index contributed by atoms with van der Waals surface area (Å²) in [6, 6.07) is 21.0. The van der Waals surface area contributed by atoms with E-state index in [2.05, 4.69) is 0 Å². The monoisotopic (exact) mass is 492 g/mol. The summed E-state index contributed by atoms with van der Waals surface area (Å²) in [5.74, 6) is 1.05. The van der Waals surface area contributed by atoms with Crippen LogP contribution in [0, 0.1) is 6.92 Å². The van der Waals surface area contributed by atoms with Crippen LogP contribution in [-0.2, 0) is 11.4 Å². The van der Waals surface area contributed by atoms with Gasteiger partial charge in [0.15, 0.2) is 16.7 Å². The van der Waals surface area contributed by atoms with Crippen LogP contribution in [0.15, 0.2) is 76.6 Å². The van der Waals surface area contributed by atoms with Gasteiger partial charge in [-0.3, -0.25) is 9.69 Å². The molecule has 1 saturated heterocycles. The number of benzene rings is 3. The number of amides is 1. The lowest BCUT2D eigenvalue weighted by Crippen LogP contribution is -2.28. The van der Waals surface area contributed by atoms with Gasteiger partial charge in [-0.05, 0) is 56.0 Å². The third kappa shape index (κ3) is 5.29. The molecule has 0 N–H and O–H groups in total. The third-order valence-corrected chi connectivity index (χ3v) is 6.68. The number of halogens is 1. The van der Waals surface area contributed by atoms with Crippen LogP contribution in [0.3, 0.4) is 0 Å². The minimum atomic E-state index is -0.0850. The van der Waals surface area contributed by atoms with Crippen molar-refractivity contribution in [1.29, 1.82) is 0 Å². The van der Waals surface area contributed by atoms with E-state index in [1.165, 1.54) is 11.8 Å². The number of amidine groups is 1. The molecule has 0 unspecified atom stereocenters. The number of thioether (sulfide) groups is 1. The topological polar surface area (TPSA) is 51.1 Å². The van der Waals surface area contributed by atoms with Gasteiger partial charge in [0.05, 0.1) is 17.7 Å². The normalized spacial score (nSPS) is 15.9. The van der Waals surface area contributed by atoms with Gasteiger partial charge in [-0.2, -0.15) is 0 Å². The first kappa shape index (κ1) is 23.9. The molecular weight excluding hydrogens is 468 g/mol. The number of hydrogen-bond donors (Lipinski definition) is 0. The van der Waals surface area contributed by atoms with Crippen LogP contribution in [0.25, 0.3) is 6.08 Å². The molecule has 0 aliphatic carbocycles. The zero-order valence-corrected chi connectivity index (χ0v) is 20.8. The second kappa shape index (κ2) is 10.8. The summed E-state index contributed by atoms with van der Waals surface area (Å²) in [5.41, 5.74) is 3.58. The van der Waals surface area contributed by atoms with E-state index in [4.69, 9.17) is 26.1 Å². The molecule has 174 valence electrons. The maximum Gasteiger partial charge on any atom is 0.266 e. The second-order valence-corrected chi connectivity index (χ2v) is 9.06. The highest BCUT2D eigenvalue weighted by Gasteiger charge is 2.32. The maximum absolute atomic E-state index is 13.2. The van der Waals surface area contributed by atoms with Gasteiger partial charge >= 0.3 is 0 Å². The van der Waals surface area contributed by atoms with Crippen molar-refractivity contribution in [3.8, 4) is 11.5 Å². The highest BCUT2D eigenvalue weighted by atomic mass is 35.5. The van der Waals surface area contributed by atoms with Crippen LogP contribution in [0.4, 0.5) is 5.69 Å². The van der Waals surface area contributed by atoms with Crippen LogP contribution in [-0.4, -0.2) is 29.6 Å². The summed E-state index contributed by atoms with van der Waals surface area (Å²) in [7, 11) is 1.59. The smallest absolute Gasteiger partial charge is 0.266 e. The number of carbonyl (C=O) groups excluding carboxylic acids is 1. The number of carbonyl (C=O) groups is 1. The van der Waals surface area contributed by atoms with Crippen molar-refractivity contribution >= 4 is 46.2 Å². The molecule has 1 aliphatic rings. The van der Waals surface area contributed by atoms with Crippen LogP contribution in [0.5, 0.6) is 11.5 Å². The average Bonchev–Trinajstić information content (AvgIpc) is 3.14. The fourth-order valence-corrected chi connectivity index (χ4v) is 4.71. The number of ether oxygens (including phenoxy) is 2. The Labute approximate surface area is 209 Å². The van der Waals surface area contributed by atoms with E-state index in [9.17, 15) is 4.79 Å². The van der Waals surface area contributed by atoms with E-state index in [-0.39, 0.29) is 12.5 Å². The molecule has 34 heavy (non-hydrogen) atoms. The van der Waals surface area contributed by atoms with Crippen molar-refractivity contribution in [2.45, 2.75) is 20.5 Å². The highest BCUT2D eigenvalue weighted by Crippen LogP contribution is 2.38. The van der Waals surface area contributed by atoms with Gasteiger partial charge in [-0.1, -0.05) is 59.6 Å². The molecule has 4 rings (SSSR count). The Balaban J connectivity index is 1.65. The van der Waals surface area contributed by atoms with E-state index >= 15 is 0 Å². The quantitative estimate of drug-likeness (QED) is 0.338. The summed E-state index contributed by atoms with van der Waals surface area (Å²) in [6.07, 6.45) is 1.83. The molecule has 3 aromatic carbocycles. The Hall–Kier alpha value is -3.22. The fraction of sp³-hybridized carbons (Fsp3) is 0.185. The van der Waals surface area contributed by atoms with Crippen LogP contribution in [0.2, 0.25) is 5.02 Å². The molecule has 3 aromatic rings. The number of aliphatic imine (C=N–C) groups is 1. The van der Waals surface area contributed by atoms with Crippen LogP contribution >= 0.6 is 23.4 Å². The van der Waals surface area contributed by atoms with E-state index in [0.29, 0.717) is 33.1 Å². The molecule has 0 radical (unpaired) electrons. The van der Waals surface area contributed by atoms with Gasteiger partial charge in [0.1, 0.15) is 6.61 Å². The lowest BCUT2D eigenvalue weighted by Gasteiger charge is -2.14. The Bertz CT molecular complexity index is 1250. The van der Waals surface area contributed by atoms with Crippen molar-refractivity contribution < 1.29 is 14.3 Å². The van der Waals surface area contributed by atoms with Crippen molar-refractivity contribution in [3.05, 3.63) is 93.3 Å². The summed E-state index contributed by atoms with van der Waals surface area (Å²) in [4.78, 5) is 20.1. The van der Waals surface area contributed by atoms with Gasteiger partial charge < -0.3 is 9.47 Å². The minimum Gasteiger partial charge on any atom is -0.493 e. The average molecular weight is 493 g/mol. The fourth-order valence-electron chi connectivity index (χ4n) is 3.47. The minimum absolute atomic E-state index is 0.0850. The highest BCUT2D eigenvalue weighted by molar-refractivity contribution is 8.18. The molecular formula is C27H25ClN2O3S. The van der Waals surface area contributed by atoms with Crippen molar-refractivity contribution in [2.75, 3.05) is 13.7 Å². The number of aryl methyl sites for hydroxylation is 1.